The van der Waals surface area contributed by atoms with Gasteiger partial charge in [-0.1, -0.05) is 0 Å². The van der Waals surface area contributed by atoms with Gasteiger partial charge >= 0.3 is 12.1 Å². The average molecular weight is 367 g/mol. The fourth-order valence-corrected chi connectivity index (χ4v) is 1.65. The number of hydrogen-bond donors (Lipinski definition) is 2. The number of ether oxygens (including phenoxy) is 2. The van der Waals surface area contributed by atoms with Crippen LogP contribution in [0.25, 0.3) is 0 Å². The summed E-state index contributed by atoms with van der Waals surface area (Å²) in [6.45, 7) is 8.67. The van der Waals surface area contributed by atoms with Crippen molar-refractivity contribution in [1.82, 2.24) is 10.6 Å². The third-order valence-corrected chi connectivity index (χ3v) is 3.21. The SMILES string of the molecule is COC(C)(C)C(=O)N[C@@H](CCCNC(=O)OC(C)(C)C)C(=O)OCl. The molecule has 9 heteroatoms. The van der Waals surface area contributed by atoms with Crippen LogP contribution in [0.4, 0.5) is 4.79 Å². The zero-order chi connectivity index (χ0) is 19.0. The van der Waals surface area contributed by atoms with Crippen LogP contribution >= 0.6 is 11.9 Å². The summed E-state index contributed by atoms with van der Waals surface area (Å²) in [4.78, 5) is 35.2. The minimum Gasteiger partial charge on any atom is -0.444 e. The number of rotatable bonds is 8. The van der Waals surface area contributed by atoms with E-state index in [-0.39, 0.29) is 13.0 Å². The molecule has 0 aliphatic carbocycles. The summed E-state index contributed by atoms with van der Waals surface area (Å²) in [5.74, 6) is -1.26. The molecular weight excluding hydrogens is 340 g/mol. The molecule has 0 unspecified atom stereocenters. The number of nitrogens with one attached hydrogen (secondary N) is 2. The molecule has 0 aromatic heterocycles. The molecule has 2 amide bonds. The van der Waals surface area contributed by atoms with Crippen LogP contribution in [0.15, 0.2) is 0 Å². The molecular formula is C15H27ClN2O6. The smallest absolute Gasteiger partial charge is 0.407 e. The first kappa shape index (κ1) is 22.5. The molecule has 0 rings (SSSR count). The Labute approximate surface area is 147 Å². The van der Waals surface area contributed by atoms with Crippen LogP contribution < -0.4 is 10.6 Å². The topological polar surface area (TPSA) is 103 Å². The van der Waals surface area contributed by atoms with Crippen LogP contribution in [0.5, 0.6) is 0 Å². The highest BCUT2D eigenvalue weighted by Gasteiger charge is 2.31. The van der Waals surface area contributed by atoms with E-state index in [2.05, 4.69) is 14.9 Å². The lowest BCUT2D eigenvalue weighted by Crippen LogP contribution is -2.50. The molecule has 2 N–H and O–H groups in total. The molecule has 0 saturated heterocycles. The Morgan fingerprint density at radius 1 is 1.12 bits per heavy atom. The lowest BCUT2D eigenvalue weighted by Gasteiger charge is -2.25. The first-order chi connectivity index (χ1) is 10.9. The summed E-state index contributed by atoms with van der Waals surface area (Å²) in [5.41, 5.74) is -1.69. The molecule has 0 saturated carbocycles. The van der Waals surface area contributed by atoms with Crippen molar-refractivity contribution in [2.45, 2.75) is 64.7 Å². The summed E-state index contributed by atoms with van der Waals surface area (Å²) < 4.78 is 14.3. The van der Waals surface area contributed by atoms with Gasteiger partial charge in [0.2, 0.25) is 0 Å². The van der Waals surface area contributed by atoms with Crippen molar-refractivity contribution >= 4 is 29.8 Å². The Morgan fingerprint density at radius 3 is 2.17 bits per heavy atom. The largest absolute Gasteiger partial charge is 0.444 e. The zero-order valence-electron chi connectivity index (χ0n) is 15.0. The Balaban J connectivity index is 4.44. The normalized spacial score (nSPS) is 13.0. The van der Waals surface area contributed by atoms with E-state index in [4.69, 9.17) is 21.3 Å². The van der Waals surface area contributed by atoms with Gasteiger partial charge < -0.3 is 24.4 Å². The van der Waals surface area contributed by atoms with E-state index in [1.807, 2.05) is 0 Å². The van der Waals surface area contributed by atoms with Crippen LogP contribution in [0.2, 0.25) is 0 Å². The summed E-state index contributed by atoms with van der Waals surface area (Å²) in [5, 5.41) is 5.08. The van der Waals surface area contributed by atoms with Crippen molar-refractivity contribution in [3.05, 3.63) is 0 Å². The van der Waals surface area contributed by atoms with E-state index in [0.717, 1.165) is 0 Å². The van der Waals surface area contributed by atoms with Crippen molar-refractivity contribution in [2.24, 2.45) is 0 Å². The third kappa shape index (κ3) is 8.93. The van der Waals surface area contributed by atoms with Crippen LogP contribution in [0, 0.1) is 0 Å². The lowest BCUT2D eigenvalue weighted by atomic mass is 10.1. The predicted molar refractivity (Wildman–Crippen MR) is 88.4 cm³/mol. The Bertz CT molecular complexity index is 448. The number of hydrogen-bond acceptors (Lipinski definition) is 6. The monoisotopic (exact) mass is 366 g/mol. The predicted octanol–water partition coefficient (Wildman–Crippen LogP) is 1.90. The van der Waals surface area contributed by atoms with Crippen LogP contribution in [0.3, 0.4) is 0 Å². The molecule has 24 heavy (non-hydrogen) atoms. The van der Waals surface area contributed by atoms with Crippen molar-refractivity contribution < 1.29 is 28.1 Å². The van der Waals surface area contributed by atoms with E-state index < -0.39 is 35.2 Å². The molecule has 0 heterocycles. The molecule has 0 aromatic rings. The Morgan fingerprint density at radius 2 is 1.71 bits per heavy atom. The molecule has 1 atom stereocenters. The lowest BCUT2D eigenvalue weighted by molar-refractivity contribution is -0.146. The number of carbonyl (C=O) groups is 3. The molecule has 0 aromatic carbocycles. The molecule has 0 aliphatic heterocycles. The standard InChI is InChI=1S/C15H27ClN2O6/c1-14(2,3)23-13(21)17-9-7-8-10(11(19)24-16)18-12(20)15(4,5)22-6/h10H,7-9H2,1-6H3,(H,17,21)(H,18,20)/t10-/m0/s1. The van der Waals surface area contributed by atoms with Crippen LogP contribution in [0.1, 0.15) is 47.5 Å². The van der Waals surface area contributed by atoms with Crippen LogP contribution in [-0.2, 0) is 23.4 Å². The maximum absolute atomic E-state index is 12.0. The van der Waals surface area contributed by atoms with Crippen LogP contribution in [-0.4, -0.2) is 48.9 Å². The van der Waals surface area contributed by atoms with Gasteiger partial charge in [0.25, 0.3) is 5.91 Å². The van der Waals surface area contributed by atoms with E-state index in [1.54, 1.807) is 34.6 Å². The summed E-state index contributed by atoms with van der Waals surface area (Å²) in [7, 11) is 1.39. The first-order valence-electron chi connectivity index (χ1n) is 7.58. The molecule has 0 aliphatic rings. The zero-order valence-corrected chi connectivity index (χ0v) is 15.8. The summed E-state index contributed by atoms with van der Waals surface area (Å²) >= 11 is 5.09. The van der Waals surface area contributed by atoms with Crippen molar-refractivity contribution in [1.29, 1.82) is 0 Å². The van der Waals surface area contributed by atoms with E-state index in [1.165, 1.54) is 7.11 Å². The second-order valence-corrected chi connectivity index (χ2v) is 6.86. The van der Waals surface area contributed by atoms with Gasteiger partial charge in [-0.05, 0) is 47.5 Å². The number of halogens is 1. The third-order valence-electron chi connectivity index (χ3n) is 3.06. The number of amides is 2. The fourth-order valence-electron chi connectivity index (χ4n) is 1.54. The highest BCUT2D eigenvalue weighted by atomic mass is 35.5. The maximum Gasteiger partial charge on any atom is 0.407 e. The highest BCUT2D eigenvalue weighted by Crippen LogP contribution is 2.10. The molecule has 0 spiro atoms. The minimum atomic E-state index is -1.10. The fraction of sp³-hybridized carbons (Fsp3) is 0.800. The van der Waals surface area contributed by atoms with Gasteiger partial charge in [0.1, 0.15) is 29.1 Å². The van der Waals surface area contributed by atoms with E-state index in [0.29, 0.717) is 6.42 Å². The molecule has 8 nitrogen and oxygen atoms in total. The minimum absolute atomic E-state index is 0.229. The van der Waals surface area contributed by atoms with Gasteiger partial charge in [-0.25, -0.2) is 9.59 Å². The summed E-state index contributed by atoms with van der Waals surface area (Å²) in [6.07, 6.45) is 0.0831. The van der Waals surface area contributed by atoms with Gasteiger partial charge in [-0.3, -0.25) is 4.79 Å². The van der Waals surface area contributed by atoms with Gasteiger partial charge in [-0.2, -0.15) is 0 Å². The van der Waals surface area contributed by atoms with Gasteiger partial charge in [0.05, 0.1) is 0 Å². The van der Waals surface area contributed by atoms with E-state index in [9.17, 15) is 14.4 Å². The Kier molecular flexibility index (Phi) is 9.06. The Hall–Kier alpha value is -1.54. The number of alkyl carbamates (subject to hydrolysis) is 1. The highest BCUT2D eigenvalue weighted by molar-refractivity contribution is 6.14. The first-order valence-corrected chi connectivity index (χ1v) is 7.89. The van der Waals surface area contributed by atoms with Crippen molar-refractivity contribution in [3.63, 3.8) is 0 Å². The van der Waals surface area contributed by atoms with Gasteiger partial charge in [0, 0.05) is 13.7 Å². The summed E-state index contributed by atoms with van der Waals surface area (Å²) in [6, 6.07) is -0.940. The number of methoxy groups -OCH3 is 1. The van der Waals surface area contributed by atoms with Crippen molar-refractivity contribution in [2.75, 3.05) is 13.7 Å². The van der Waals surface area contributed by atoms with Crippen molar-refractivity contribution in [3.8, 4) is 0 Å². The molecule has 140 valence electrons. The quantitative estimate of drug-likeness (QED) is 0.636. The second kappa shape index (κ2) is 9.68. The number of carbonyl (C=O) groups excluding carboxylic acids is 3. The van der Waals surface area contributed by atoms with Gasteiger partial charge in [0.15, 0.2) is 0 Å². The molecule has 0 radical (unpaired) electrons. The average Bonchev–Trinajstić information content (AvgIpc) is 2.47. The molecule has 0 bridgehead atoms. The molecule has 0 fully saturated rings. The second-order valence-electron chi connectivity index (χ2n) is 6.71. The van der Waals surface area contributed by atoms with Gasteiger partial charge in [-0.15, -0.1) is 0 Å². The maximum atomic E-state index is 12.0. The van der Waals surface area contributed by atoms with E-state index >= 15 is 0 Å².